The number of nitrogens with one attached hydrogen (secondary N) is 4. The zero-order valence-electron chi connectivity index (χ0n) is 15.9. The number of rotatable bonds is 11. The van der Waals surface area contributed by atoms with Crippen LogP contribution >= 0.6 is 0 Å². The molecule has 0 rings (SSSR count). The van der Waals surface area contributed by atoms with Crippen LogP contribution in [0.5, 0.6) is 0 Å². The summed E-state index contributed by atoms with van der Waals surface area (Å²) < 4.78 is 0. The molecule has 0 aliphatic heterocycles. The van der Waals surface area contributed by atoms with E-state index < -0.39 is 0 Å². The van der Waals surface area contributed by atoms with E-state index in [1.807, 2.05) is 0 Å². The van der Waals surface area contributed by atoms with Gasteiger partial charge in [-0.1, -0.05) is 20.8 Å². The topological polar surface area (TPSA) is 48.1 Å². The minimum Gasteiger partial charge on any atom is -0.315 e. The lowest BCUT2D eigenvalue weighted by molar-refractivity contribution is 0.0702. The zero-order chi connectivity index (χ0) is 16.7. The molecule has 4 nitrogen and oxygen atoms in total. The van der Waals surface area contributed by atoms with E-state index in [4.69, 9.17) is 0 Å². The zero-order valence-corrected chi connectivity index (χ0v) is 17.9. The average Bonchev–Trinajstić information content (AvgIpc) is 2.44. The minimum absolute atomic E-state index is 0.100. The average molecular weight is 317 g/mol. The van der Waals surface area contributed by atoms with Crippen LogP contribution in [0.1, 0.15) is 74.7 Å². The maximum atomic E-state index is 3.81. The first kappa shape index (κ1) is 21.1. The van der Waals surface area contributed by atoms with Gasteiger partial charge in [-0.3, -0.25) is 10.6 Å². The summed E-state index contributed by atoms with van der Waals surface area (Å²) in [7, 11) is 0.930. The van der Waals surface area contributed by atoms with Crippen molar-refractivity contribution in [3.8, 4) is 0 Å². The quantitative estimate of drug-likeness (QED) is 0.344. The van der Waals surface area contributed by atoms with Crippen LogP contribution in [0, 0.1) is 0 Å². The standard InChI is InChI=1S/C16H40N4Si/c1-9-12(4)17-15(7,8)16(20-21,18-13(5)10-2)19-14(6)11-3/h12-14,17-20H,9-11H2,1-8,21H3. The number of hydrogen-bond donors (Lipinski definition) is 4. The van der Waals surface area contributed by atoms with Crippen molar-refractivity contribution < 1.29 is 0 Å². The van der Waals surface area contributed by atoms with Gasteiger partial charge in [-0.15, -0.1) is 0 Å². The van der Waals surface area contributed by atoms with E-state index in [1.54, 1.807) is 0 Å². The first-order valence-corrected chi connectivity index (χ1v) is 9.69. The number of hydrogen-bond acceptors (Lipinski definition) is 4. The first-order valence-electron chi connectivity index (χ1n) is 8.69. The van der Waals surface area contributed by atoms with E-state index >= 15 is 0 Å². The summed E-state index contributed by atoms with van der Waals surface area (Å²) in [5, 5.41) is 11.4. The van der Waals surface area contributed by atoms with E-state index in [0.29, 0.717) is 18.1 Å². The maximum Gasteiger partial charge on any atom is 0.135 e. The van der Waals surface area contributed by atoms with E-state index in [1.165, 1.54) is 0 Å². The van der Waals surface area contributed by atoms with Crippen molar-refractivity contribution in [2.45, 2.75) is 104 Å². The normalized spacial score (nSPS) is 20.0. The van der Waals surface area contributed by atoms with E-state index in [2.05, 4.69) is 76.3 Å². The second kappa shape index (κ2) is 9.25. The fourth-order valence-electron chi connectivity index (χ4n) is 2.63. The van der Waals surface area contributed by atoms with Gasteiger partial charge in [0.15, 0.2) is 0 Å². The van der Waals surface area contributed by atoms with Gasteiger partial charge in [-0.2, -0.15) is 0 Å². The molecule has 0 heterocycles. The molecule has 0 aromatic rings. The summed E-state index contributed by atoms with van der Waals surface area (Å²) in [6.07, 6.45) is 3.37. The molecule has 0 aromatic carbocycles. The molecule has 0 aliphatic carbocycles. The van der Waals surface area contributed by atoms with Gasteiger partial charge in [-0.05, 0) is 53.9 Å². The Labute approximate surface area is 136 Å². The molecule has 3 unspecified atom stereocenters. The third-order valence-electron chi connectivity index (χ3n) is 4.68. The Balaban J connectivity index is 5.41. The Morgan fingerprint density at radius 1 is 0.762 bits per heavy atom. The van der Waals surface area contributed by atoms with Crippen molar-refractivity contribution in [2.75, 3.05) is 0 Å². The molecule has 0 aromatic heterocycles. The highest BCUT2D eigenvalue weighted by molar-refractivity contribution is 6.05. The van der Waals surface area contributed by atoms with Crippen LogP contribution < -0.4 is 20.9 Å². The Kier molecular flexibility index (Phi) is 9.28. The van der Waals surface area contributed by atoms with Crippen LogP contribution in [0.25, 0.3) is 0 Å². The van der Waals surface area contributed by atoms with Crippen molar-refractivity contribution in [2.24, 2.45) is 0 Å². The van der Waals surface area contributed by atoms with Crippen molar-refractivity contribution in [1.29, 1.82) is 0 Å². The molecular formula is C16H40N4Si. The van der Waals surface area contributed by atoms with Crippen LogP contribution in [0.15, 0.2) is 0 Å². The summed E-state index contributed by atoms with van der Waals surface area (Å²) in [4.78, 5) is 3.67. The third kappa shape index (κ3) is 5.98. The largest absolute Gasteiger partial charge is 0.315 e. The maximum absolute atomic E-state index is 3.81. The predicted octanol–water partition coefficient (Wildman–Crippen LogP) is 1.45. The Morgan fingerprint density at radius 2 is 1.10 bits per heavy atom. The van der Waals surface area contributed by atoms with E-state index in [9.17, 15) is 0 Å². The van der Waals surface area contributed by atoms with Crippen molar-refractivity contribution in [3.63, 3.8) is 0 Å². The van der Waals surface area contributed by atoms with Gasteiger partial charge in [0.05, 0.1) is 15.9 Å². The molecule has 5 heteroatoms. The highest BCUT2D eigenvalue weighted by atomic mass is 28.2. The van der Waals surface area contributed by atoms with Crippen molar-refractivity contribution >= 4 is 10.4 Å². The molecular weight excluding hydrogens is 276 g/mol. The van der Waals surface area contributed by atoms with Crippen LogP contribution in [0.2, 0.25) is 0 Å². The minimum atomic E-state index is -0.284. The molecule has 0 saturated carbocycles. The summed E-state index contributed by atoms with van der Waals surface area (Å²) in [5.74, 6) is -0.284. The molecule has 128 valence electrons. The second-order valence-electron chi connectivity index (χ2n) is 6.99. The van der Waals surface area contributed by atoms with Crippen molar-refractivity contribution in [1.82, 2.24) is 20.9 Å². The Morgan fingerprint density at radius 3 is 1.38 bits per heavy atom. The third-order valence-corrected chi connectivity index (χ3v) is 5.43. The molecule has 0 amide bonds. The van der Waals surface area contributed by atoms with E-state index in [0.717, 1.165) is 29.7 Å². The lowest BCUT2D eigenvalue weighted by atomic mass is 9.91. The molecule has 0 fully saturated rings. The molecule has 0 radical (unpaired) electrons. The van der Waals surface area contributed by atoms with Gasteiger partial charge in [-0.25, -0.2) is 0 Å². The highest BCUT2D eigenvalue weighted by Crippen LogP contribution is 2.20. The lowest BCUT2D eigenvalue weighted by Gasteiger charge is -2.52. The monoisotopic (exact) mass is 316 g/mol. The highest BCUT2D eigenvalue weighted by Gasteiger charge is 2.45. The SMILES string of the molecule is CCC(C)NC(C)(C)C(N[SiH3])(NC(C)CC)NC(C)CC. The molecule has 0 spiro atoms. The molecule has 0 aliphatic rings. The molecule has 0 saturated heterocycles. The summed E-state index contributed by atoms with van der Waals surface area (Å²) in [5.41, 5.74) is -0.100. The summed E-state index contributed by atoms with van der Waals surface area (Å²) >= 11 is 0. The molecule has 0 bridgehead atoms. The van der Waals surface area contributed by atoms with E-state index in [-0.39, 0.29) is 11.3 Å². The van der Waals surface area contributed by atoms with Gasteiger partial charge >= 0.3 is 0 Å². The molecule has 21 heavy (non-hydrogen) atoms. The fraction of sp³-hybridized carbons (Fsp3) is 1.00. The van der Waals surface area contributed by atoms with Gasteiger partial charge in [0.1, 0.15) is 5.79 Å². The summed E-state index contributed by atoms with van der Waals surface area (Å²) in [6, 6.07) is 1.41. The molecule has 4 N–H and O–H groups in total. The predicted molar refractivity (Wildman–Crippen MR) is 98.6 cm³/mol. The smallest absolute Gasteiger partial charge is 0.135 e. The molecule has 3 atom stereocenters. The van der Waals surface area contributed by atoms with Crippen LogP contribution in [-0.2, 0) is 0 Å². The Hall–Kier alpha value is 0.0569. The van der Waals surface area contributed by atoms with Crippen LogP contribution in [-0.4, -0.2) is 39.9 Å². The first-order chi connectivity index (χ1) is 9.67. The Bertz CT molecular complexity index is 271. The second-order valence-corrected chi connectivity index (χ2v) is 7.49. The van der Waals surface area contributed by atoms with Gasteiger partial charge < -0.3 is 10.3 Å². The summed E-state index contributed by atoms with van der Waals surface area (Å²) in [6.45, 7) is 18.0. The van der Waals surface area contributed by atoms with Crippen LogP contribution in [0.3, 0.4) is 0 Å². The van der Waals surface area contributed by atoms with Crippen LogP contribution in [0.4, 0.5) is 0 Å². The lowest BCUT2D eigenvalue weighted by Crippen LogP contribution is -2.82. The van der Waals surface area contributed by atoms with Gasteiger partial charge in [0, 0.05) is 18.1 Å². The van der Waals surface area contributed by atoms with Crippen molar-refractivity contribution in [3.05, 3.63) is 0 Å². The fourth-order valence-corrected chi connectivity index (χ4v) is 3.54. The van der Waals surface area contributed by atoms with Gasteiger partial charge in [0.2, 0.25) is 0 Å². The van der Waals surface area contributed by atoms with Gasteiger partial charge in [0.25, 0.3) is 0 Å².